The molecule has 2 heteroatoms. The van der Waals surface area contributed by atoms with Crippen LogP contribution in [0.1, 0.15) is 40.5 Å². The largest absolute Gasteiger partial charge is 0.478 e. The first-order valence-electron chi connectivity index (χ1n) is 5.96. The number of aliphatic carboxylic acids is 1. The van der Waals surface area contributed by atoms with Crippen molar-refractivity contribution in [2.45, 2.75) is 40.5 Å². The Balaban J connectivity index is 2.40. The van der Waals surface area contributed by atoms with Crippen LogP contribution < -0.4 is 0 Å². The zero-order chi connectivity index (χ0) is 12.1. The second-order valence-corrected chi connectivity index (χ2v) is 6.08. The number of hydrogen-bond donors (Lipinski definition) is 1. The predicted octanol–water partition coefficient (Wildman–Crippen LogP) is 3.40. The molecule has 0 aromatic heterocycles. The summed E-state index contributed by atoms with van der Waals surface area (Å²) in [6.07, 6.45) is 4.39. The monoisotopic (exact) mass is 220 g/mol. The number of carboxylic acid groups (broad SMARTS) is 1. The smallest absolute Gasteiger partial charge is 0.332 e. The molecular weight excluding hydrogens is 200 g/mol. The summed E-state index contributed by atoms with van der Waals surface area (Å²) >= 11 is 0. The molecule has 2 rings (SSSR count). The van der Waals surface area contributed by atoms with Crippen molar-refractivity contribution in [1.82, 2.24) is 0 Å². The molecule has 1 saturated carbocycles. The summed E-state index contributed by atoms with van der Waals surface area (Å²) in [5.41, 5.74) is 2.93. The molecule has 0 unspecified atom stereocenters. The normalized spacial score (nSPS) is 31.6. The van der Waals surface area contributed by atoms with Crippen molar-refractivity contribution < 1.29 is 9.90 Å². The van der Waals surface area contributed by atoms with E-state index >= 15 is 0 Å². The van der Waals surface area contributed by atoms with Crippen LogP contribution in [-0.2, 0) is 4.79 Å². The Labute approximate surface area is 97.0 Å². The SMILES string of the molecule is CC1=CC[C@H]2CC(=C(C(=O)O)C(C)(C)C)[C@@H]12. The van der Waals surface area contributed by atoms with Crippen molar-refractivity contribution in [3.63, 3.8) is 0 Å². The molecule has 2 nitrogen and oxygen atoms in total. The maximum absolute atomic E-state index is 11.4. The molecule has 2 aliphatic carbocycles. The molecule has 1 fully saturated rings. The van der Waals surface area contributed by atoms with Crippen LogP contribution in [0.5, 0.6) is 0 Å². The van der Waals surface area contributed by atoms with Gasteiger partial charge in [-0.3, -0.25) is 0 Å². The van der Waals surface area contributed by atoms with Gasteiger partial charge in [-0.2, -0.15) is 0 Å². The minimum Gasteiger partial charge on any atom is -0.478 e. The van der Waals surface area contributed by atoms with Crippen LogP contribution in [0.2, 0.25) is 0 Å². The van der Waals surface area contributed by atoms with E-state index in [9.17, 15) is 9.90 Å². The van der Waals surface area contributed by atoms with Crippen LogP contribution in [-0.4, -0.2) is 11.1 Å². The standard InChI is InChI=1S/C14H20O2/c1-8-5-6-9-7-10(11(8)9)12(13(15)16)14(2,3)4/h5,9,11H,6-7H2,1-4H3,(H,15,16)/t9-,11-/m0/s1. The van der Waals surface area contributed by atoms with Gasteiger partial charge in [-0.15, -0.1) is 0 Å². The van der Waals surface area contributed by atoms with E-state index in [0.717, 1.165) is 12.8 Å². The molecule has 88 valence electrons. The first kappa shape index (κ1) is 11.4. The van der Waals surface area contributed by atoms with E-state index in [4.69, 9.17) is 0 Å². The summed E-state index contributed by atoms with van der Waals surface area (Å²) in [4.78, 5) is 11.4. The van der Waals surface area contributed by atoms with Crippen LogP contribution in [0.4, 0.5) is 0 Å². The Bertz CT molecular complexity index is 393. The van der Waals surface area contributed by atoms with E-state index in [-0.39, 0.29) is 5.41 Å². The van der Waals surface area contributed by atoms with Crippen molar-refractivity contribution >= 4 is 5.97 Å². The average Bonchev–Trinajstić information content (AvgIpc) is 2.32. The van der Waals surface area contributed by atoms with Gasteiger partial charge in [-0.1, -0.05) is 38.0 Å². The lowest BCUT2D eigenvalue weighted by molar-refractivity contribution is -0.133. The summed E-state index contributed by atoms with van der Waals surface area (Å²) in [6.45, 7) is 8.10. The second-order valence-electron chi connectivity index (χ2n) is 6.08. The van der Waals surface area contributed by atoms with E-state index < -0.39 is 5.97 Å². The van der Waals surface area contributed by atoms with Crippen LogP contribution >= 0.6 is 0 Å². The van der Waals surface area contributed by atoms with Gasteiger partial charge in [0.05, 0.1) is 0 Å². The Morgan fingerprint density at radius 1 is 1.44 bits per heavy atom. The lowest BCUT2D eigenvalue weighted by Gasteiger charge is -2.40. The Kier molecular flexibility index (Phi) is 2.48. The van der Waals surface area contributed by atoms with E-state index in [2.05, 4.69) is 13.0 Å². The van der Waals surface area contributed by atoms with Crippen LogP contribution in [0, 0.1) is 17.3 Å². The van der Waals surface area contributed by atoms with Crippen molar-refractivity contribution in [3.05, 3.63) is 22.8 Å². The molecule has 0 amide bonds. The molecule has 0 spiro atoms. The molecule has 0 bridgehead atoms. The van der Waals surface area contributed by atoms with Crippen molar-refractivity contribution in [2.24, 2.45) is 17.3 Å². The quantitative estimate of drug-likeness (QED) is 0.543. The highest BCUT2D eigenvalue weighted by molar-refractivity contribution is 5.89. The van der Waals surface area contributed by atoms with Gasteiger partial charge < -0.3 is 5.11 Å². The molecule has 2 aliphatic rings. The molecule has 0 aromatic rings. The molecule has 0 aliphatic heterocycles. The molecule has 2 atom stereocenters. The van der Waals surface area contributed by atoms with Gasteiger partial charge in [-0.25, -0.2) is 4.79 Å². The van der Waals surface area contributed by atoms with Gasteiger partial charge in [0.1, 0.15) is 0 Å². The number of allylic oxidation sites excluding steroid dienone is 3. The summed E-state index contributed by atoms with van der Waals surface area (Å²) in [5, 5.41) is 9.37. The summed E-state index contributed by atoms with van der Waals surface area (Å²) < 4.78 is 0. The Morgan fingerprint density at radius 2 is 2.06 bits per heavy atom. The van der Waals surface area contributed by atoms with E-state index in [1.807, 2.05) is 20.8 Å². The van der Waals surface area contributed by atoms with E-state index in [1.54, 1.807) is 0 Å². The number of carbonyl (C=O) groups is 1. The fraction of sp³-hybridized carbons (Fsp3) is 0.643. The summed E-state index contributed by atoms with van der Waals surface area (Å²) in [7, 11) is 0. The Morgan fingerprint density at radius 3 is 2.50 bits per heavy atom. The highest BCUT2D eigenvalue weighted by Gasteiger charge is 2.44. The molecule has 16 heavy (non-hydrogen) atoms. The third-order valence-corrected chi connectivity index (χ3v) is 3.85. The molecular formula is C14H20O2. The number of hydrogen-bond acceptors (Lipinski definition) is 1. The van der Waals surface area contributed by atoms with Gasteiger partial charge in [0.25, 0.3) is 0 Å². The molecule has 0 heterocycles. The topological polar surface area (TPSA) is 37.3 Å². The average molecular weight is 220 g/mol. The van der Waals surface area contributed by atoms with Gasteiger partial charge in [0.2, 0.25) is 0 Å². The van der Waals surface area contributed by atoms with Gasteiger partial charge in [0, 0.05) is 11.5 Å². The van der Waals surface area contributed by atoms with Crippen molar-refractivity contribution in [1.29, 1.82) is 0 Å². The van der Waals surface area contributed by atoms with Crippen LogP contribution in [0.3, 0.4) is 0 Å². The van der Waals surface area contributed by atoms with Gasteiger partial charge >= 0.3 is 5.97 Å². The minimum atomic E-state index is -0.736. The first-order valence-corrected chi connectivity index (χ1v) is 5.96. The number of carboxylic acids is 1. The lowest BCUT2D eigenvalue weighted by atomic mass is 9.64. The molecule has 0 saturated heterocycles. The van der Waals surface area contributed by atoms with Crippen LogP contribution in [0.15, 0.2) is 22.8 Å². The van der Waals surface area contributed by atoms with E-state index in [1.165, 1.54) is 11.1 Å². The molecule has 0 aromatic carbocycles. The summed E-state index contributed by atoms with van der Waals surface area (Å²) in [6, 6.07) is 0. The second kappa shape index (κ2) is 3.47. The maximum Gasteiger partial charge on any atom is 0.332 e. The minimum absolute atomic E-state index is 0.255. The van der Waals surface area contributed by atoms with Crippen molar-refractivity contribution in [3.8, 4) is 0 Å². The molecule has 0 radical (unpaired) electrons. The fourth-order valence-electron chi connectivity index (χ4n) is 3.18. The summed E-state index contributed by atoms with van der Waals surface area (Å²) in [5.74, 6) is 0.387. The van der Waals surface area contributed by atoms with Crippen LogP contribution in [0.25, 0.3) is 0 Å². The highest BCUT2D eigenvalue weighted by Crippen LogP contribution is 2.53. The highest BCUT2D eigenvalue weighted by atomic mass is 16.4. The van der Waals surface area contributed by atoms with E-state index in [0.29, 0.717) is 17.4 Å². The zero-order valence-corrected chi connectivity index (χ0v) is 10.5. The zero-order valence-electron chi connectivity index (χ0n) is 10.5. The Hall–Kier alpha value is -1.05. The first-order chi connectivity index (χ1) is 7.32. The third kappa shape index (κ3) is 1.60. The lowest BCUT2D eigenvalue weighted by Crippen LogP contribution is -2.32. The fourth-order valence-corrected chi connectivity index (χ4v) is 3.18. The van der Waals surface area contributed by atoms with Crippen molar-refractivity contribution in [2.75, 3.05) is 0 Å². The number of rotatable bonds is 1. The molecule has 1 N–H and O–H groups in total. The van der Waals surface area contributed by atoms with Gasteiger partial charge in [0.15, 0.2) is 0 Å². The van der Waals surface area contributed by atoms with Gasteiger partial charge in [-0.05, 0) is 31.1 Å². The predicted molar refractivity (Wildman–Crippen MR) is 64.1 cm³/mol. The number of fused-ring (bicyclic) bond motifs is 1. The third-order valence-electron chi connectivity index (χ3n) is 3.85. The maximum atomic E-state index is 11.4.